The summed E-state index contributed by atoms with van der Waals surface area (Å²) in [7, 11) is 1.42. The van der Waals surface area contributed by atoms with Crippen LogP contribution in [0.1, 0.15) is 19.6 Å². The Morgan fingerprint density at radius 2 is 2.06 bits per heavy atom. The molecule has 5 nitrogen and oxygen atoms in total. The van der Waals surface area contributed by atoms with E-state index in [9.17, 15) is 14.7 Å². The zero-order valence-corrected chi connectivity index (χ0v) is 10.7. The van der Waals surface area contributed by atoms with E-state index in [1.165, 1.54) is 27.0 Å². The van der Waals surface area contributed by atoms with E-state index in [4.69, 9.17) is 4.42 Å². The van der Waals surface area contributed by atoms with Gasteiger partial charge in [-0.3, -0.25) is 4.79 Å². The molecule has 0 aromatic carbocycles. The summed E-state index contributed by atoms with van der Waals surface area (Å²) in [6, 6.07) is 3.11. The van der Waals surface area contributed by atoms with Crippen LogP contribution in [0.15, 0.2) is 21.2 Å². The molecule has 16 heavy (non-hydrogen) atoms. The highest BCUT2D eigenvalue weighted by molar-refractivity contribution is 9.10. The third-order valence-electron chi connectivity index (χ3n) is 2.61. The molecule has 88 valence electrons. The van der Waals surface area contributed by atoms with Crippen LogP contribution < -0.4 is 0 Å². The molecule has 0 radical (unpaired) electrons. The van der Waals surface area contributed by atoms with E-state index in [0.29, 0.717) is 4.67 Å². The highest BCUT2D eigenvalue weighted by Gasteiger charge is 2.44. The fraction of sp³-hybridized carbons (Fsp3) is 0.400. The van der Waals surface area contributed by atoms with Crippen molar-refractivity contribution in [2.45, 2.75) is 19.4 Å². The molecule has 1 aromatic rings. The number of likely N-dealkylation sites (N-methyl/N-ethyl adjacent to an activating group) is 1. The Morgan fingerprint density at radius 3 is 2.38 bits per heavy atom. The molecule has 1 amide bonds. The molecule has 0 saturated carbocycles. The molecule has 0 spiro atoms. The monoisotopic (exact) mass is 289 g/mol. The molecule has 0 fully saturated rings. The predicted molar refractivity (Wildman–Crippen MR) is 59.8 cm³/mol. The molecule has 1 N–H and O–H groups in total. The minimum absolute atomic E-state index is 0.199. The molecule has 0 bridgehead atoms. The largest absolute Gasteiger partial charge is 0.479 e. The van der Waals surface area contributed by atoms with Crippen molar-refractivity contribution in [2.24, 2.45) is 0 Å². The van der Waals surface area contributed by atoms with Gasteiger partial charge in [-0.25, -0.2) is 4.79 Å². The highest BCUT2D eigenvalue weighted by Crippen LogP contribution is 2.30. The van der Waals surface area contributed by atoms with Crippen molar-refractivity contribution in [3.63, 3.8) is 0 Å². The van der Waals surface area contributed by atoms with E-state index in [2.05, 4.69) is 15.9 Å². The second-order valence-electron chi connectivity index (χ2n) is 3.56. The normalized spacial score (nSPS) is 14.2. The first-order valence-corrected chi connectivity index (χ1v) is 5.33. The van der Waals surface area contributed by atoms with Gasteiger partial charge in [-0.15, -0.1) is 0 Å². The molecule has 1 heterocycles. The maximum atomic E-state index is 11.3. The lowest BCUT2D eigenvalue weighted by Crippen LogP contribution is -2.49. The lowest BCUT2D eigenvalue weighted by Gasteiger charge is -2.32. The van der Waals surface area contributed by atoms with Crippen LogP contribution in [-0.4, -0.2) is 28.9 Å². The van der Waals surface area contributed by atoms with Crippen LogP contribution in [0.25, 0.3) is 0 Å². The van der Waals surface area contributed by atoms with Crippen molar-refractivity contribution in [1.82, 2.24) is 4.90 Å². The Morgan fingerprint density at radius 1 is 1.50 bits per heavy atom. The maximum absolute atomic E-state index is 11.3. The zero-order valence-electron chi connectivity index (χ0n) is 9.15. The molecule has 6 heteroatoms. The number of furan rings is 1. The van der Waals surface area contributed by atoms with E-state index in [0.717, 1.165) is 4.90 Å². The molecular formula is C10H12BrNO4. The smallest absolute Gasteiger partial charge is 0.337 e. The summed E-state index contributed by atoms with van der Waals surface area (Å²) < 4.78 is 5.65. The van der Waals surface area contributed by atoms with E-state index in [1.807, 2.05) is 0 Å². The summed E-state index contributed by atoms with van der Waals surface area (Å²) in [5.41, 5.74) is -1.50. The number of halogens is 1. The van der Waals surface area contributed by atoms with Gasteiger partial charge in [0, 0.05) is 14.0 Å². The summed E-state index contributed by atoms with van der Waals surface area (Å²) in [4.78, 5) is 23.7. The van der Waals surface area contributed by atoms with Crippen LogP contribution in [0.3, 0.4) is 0 Å². The van der Waals surface area contributed by atoms with E-state index < -0.39 is 11.5 Å². The number of carbonyl (C=O) groups excluding carboxylic acids is 1. The van der Waals surface area contributed by atoms with Gasteiger partial charge in [0.15, 0.2) is 10.2 Å². The predicted octanol–water partition coefficient (Wildman–Crippen LogP) is 1.82. The van der Waals surface area contributed by atoms with Gasteiger partial charge in [0.25, 0.3) is 0 Å². The van der Waals surface area contributed by atoms with Crippen molar-refractivity contribution in [2.75, 3.05) is 7.05 Å². The molecule has 1 atom stereocenters. The van der Waals surface area contributed by atoms with Gasteiger partial charge in [-0.1, -0.05) is 0 Å². The molecule has 1 aromatic heterocycles. The number of hydrogen-bond donors (Lipinski definition) is 1. The number of carboxylic acid groups (broad SMARTS) is 1. The number of nitrogens with zero attached hydrogens (tertiary/aromatic N) is 1. The number of rotatable bonds is 3. The summed E-state index contributed by atoms with van der Waals surface area (Å²) in [5, 5.41) is 9.25. The molecule has 0 aliphatic carbocycles. The Labute approximate surface area is 101 Å². The van der Waals surface area contributed by atoms with Crippen LogP contribution in [0, 0.1) is 0 Å². The Balaban J connectivity index is 3.27. The summed E-state index contributed by atoms with van der Waals surface area (Å²) in [5.74, 6) is -1.30. The molecule has 0 saturated heterocycles. The van der Waals surface area contributed by atoms with Crippen molar-refractivity contribution >= 4 is 27.8 Å². The highest BCUT2D eigenvalue weighted by atomic mass is 79.9. The molecule has 1 unspecified atom stereocenters. The Hall–Kier alpha value is -1.30. The standard InChI is InChI=1S/C10H12BrNO4/c1-6(13)12(3)10(2,9(14)15)7-4-5-8(11)16-7/h4-5H,1-3H3,(H,14,15). The second kappa shape index (κ2) is 4.29. The topological polar surface area (TPSA) is 70.8 Å². The fourth-order valence-corrected chi connectivity index (χ4v) is 1.61. The van der Waals surface area contributed by atoms with Gasteiger partial charge in [0.05, 0.1) is 0 Å². The van der Waals surface area contributed by atoms with Crippen molar-refractivity contribution in [3.05, 3.63) is 22.6 Å². The third kappa shape index (κ3) is 1.97. The average Bonchev–Trinajstić information content (AvgIpc) is 2.62. The van der Waals surface area contributed by atoms with Crippen molar-refractivity contribution in [1.29, 1.82) is 0 Å². The first-order chi connectivity index (χ1) is 7.30. The van der Waals surface area contributed by atoms with Crippen molar-refractivity contribution < 1.29 is 19.1 Å². The summed E-state index contributed by atoms with van der Waals surface area (Å²) >= 11 is 3.10. The maximum Gasteiger partial charge on any atom is 0.337 e. The number of aliphatic carboxylic acids is 1. The molecule has 0 aliphatic rings. The van der Waals surface area contributed by atoms with Gasteiger partial charge in [-0.2, -0.15) is 0 Å². The quantitative estimate of drug-likeness (QED) is 0.921. The Bertz CT molecular complexity index is 428. The number of hydrogen-bond acceptors (Lipinski definition) is 3. The van der Waals surface area contributed by atoms with Crippen LogP contribution >= 0.6 is 15.9 Å². The third-order valence-corrected chi connectivity index (χ3v) is 3.04. The summed E-state index contributed by atoms with van der Waals surface area (Å²) in [6.45, 7) is 2.72. The zero-order chi connectivity index (χ0) is 12.5. The number of carbonyl (C=O) groups is 2. The first-order valence-electron chi connectivity index (χ1n) is 4.53. The first kappa shape index (κ1) is 12.8. The van der Waals surface area contributed by atoms with Gasteiger partial charge >= 0.3 is 5.97 Å². The average molecular weight is 290 g/mol. The van der Waals surface area contributed by atoms with Crippen LogP contribution in [-0.2, 0) is 15.1 Å². The minimum atomic E-state index is -1.50. The Kier molecular flexibility index (Phi) is 3.42. The van der Waals surface area contributed by atoms with Gasteiger partial charge in [0.2, 0.25) is 5.91 Å². The lowest BCUT2D eigenvalue weighted by atomic mass is 9.97. The number of amides is 1. The summed E-state index contributed by atoms with van der Waals surface area (Å²) in [6.07, 6.45) is 0. The van der Waals surface area contributed by atoms with Gasteiger partial charge in [-0.05, 0) is 35.0 Å². The number of carboxylic acids is 1. The van der Waals surface area contributed by atoms with E-state index in [1.54, 1.807) is 6.07 Å². The van der Waals surface area contributed by atoms with Crippen LogP contribution in [0.4, 0.5) is 0 Å². The van der Waals surface area contributed by atoms with Crippen molar-refractivity contribution in [3.8, 4) is 0 Å². The van der Waals surface area contributed by atoms with E-state index in [-0.39, 0.29) is 11.7 Å². The van der Waals surface area contributed by atoms with Crippen LogP contribution in [0.5, 0.6) is 0 Å². The molecule has 1 rings (SSSR count). The lowest BCUT2D eigenvalue weighted by molar-refractivity contribution is -0.157. The fourth-order valence-electron chi connectivity index (χ4n) is 1.30. The van der Waals surface area contributed by atoms with Gasteiger partial charge in [0.1, 0.15) is 5.76 Å². The second-order valence-corrected chi connectivity index (χ2v) is 4.34. The van der Waals surface area contributed by atoms with E-state index >= 15 is 0 Å². The van der Waals surface area contributed by atoms with Gasteiger partial charge < -0.3 is 14.4 Å². The molecule has 0 aliphatic heterocycles. The SMILES string of the molecule is CC(=O)N(C)C(C)(C(=O)O)c1ccc(Br)o1. The molecular weight excluding hydrogens is 278 g/mol. The minimum Gasteiger partial charge on any atom is -0.479 e. The van der Waals surface area contributed by atoms with Crippen LogP contribution in [0.2, 0.25) is 0 Å².